The van der Waals surface area contributed by atoms with Crippen LogP contribution in [0.3, 0.4) is 0 Å². The molecule has 0 aliphatic heterocycles. The van der Waals surface area contributed by atoms with E-state index in [2.05, 4.69) is 6.92 Å². The smallest absolute Gasteiger partial charge is 0.142 e. The molecule has 0 spiro atoms. The molecule has 0 amide bonds. The average molecular weight is 194 g/mol. The average Bonchev–Trinajstić information content (AvgIpc) is 2.17. The van der Waals surface area contributed by atoms with Gasteiger partial charge in [-0.15, -0.1) is 0 Å². The molecule has 0 unspecified atom stereocenters. The van der Waals surface area contributed by atoms with Crippen molar-refractivity contribution in [1.29, 1.82) is 0 Å². The van der Waals surface area contributed by atoms with E-state index in [1.165, 1.54) is 6.08 Å². The first-order valence-corrected chi connectivity index (χ1v) is 4.93. The summed E-state index contributed by atoms with van der Waals surface area (Å²) < 4.78 is 0. The molecule has 0 radical (unpaired) electrons. The van der Waals surface area contributed by atoms with E-state index in [0.717, 1.165) is 19.1 Å². The minimum Gasteiger partial charge on any atom is -0.393 e. The maximum Gasteiger partial charge on any atom is 0.142 e. The van der Waals surface area contributed by atoms with Gasteiger partial charge < -0.3 is 5.11 Å². The van der Waals surface area contributed by atoms with Crippen molar-refractivity contribution in [2.75, 3.05) is 0 Å². The van der Waals surface area contributed by atoms with Crippen molar-refractivity contribution < 1.29 is 9.90 Å². The third kappa shape index (κ3) is 8.94. The van der Waals surface area contributed by atoms with Gasteiger partial charge in [-0.05, 0) is 18.9 Å². The maximum absolute atomic E-state index is 9.88. The monoisotopic (exact) mass is 194 g/mol. The zero-order chi connectivity index (χ0) is 10.6. The molecule has 2 nitrogen and oxygen atoms in total. The lowest BCUT2D eigenvalue weighted by molar-refractivity contribution is -0.104. The highest BCUT2D eigenvalue weighted by Gasteiger charge is 1.96. The first kappa shape index (κ1) is 12.8. The van der Waals surface area contributed by atoms with Crippen molar-refractivity contribution in [2.24, 2.45) is 0 Å². The molecular weight excluding hydrogens is 176 g/mol. The predicted molar refractivity (Wildman–Crippen MR) is 59.0 cm³/mol. The number of aldehydes is 1. The second kappa shape index (κ2) is 9.93. The van der Waals surface area contributed by atoms with E-state index in [9.17, 15) is 9.90 Å². The van der Waals surface area contributed by atoms with Crippen LogP contribution in [0.2, 0.25) is 0 Å². The number of aliphatic hydroxyl groups excluding tert-OH is 1. The molecule has 0 saturated carbocycles. The van der Waals surface area contributed by atoms with Gasteiger partial charge in [0, 0.05) is 0 Å². The minimum absolute atomic E-state index is 0.227. The summed E-state index contributed by atoms with van der Waals surface area (Å²) in [6.45, 7) is 2.05. The van der Waals surface area contributed by atoms with Gasteiger partial charge in [0.25, 0.3) is 0 Å². The fourth-order valence-corrected chi connectivity index (χ4v) is 1.00. The van der Waals surface area contributed by atoms with E-state index in [1.54, 1.807) is 12.2 Å². The van der Waals surface area contributed by atoms with Gasteiger partial charge in [-0.2, -0.15) is 0 Å². The maximum atomic E-state index is 9.88. The molecule has 14 heavy (non-hydrogen) atoms. The van der Waals surface area contributed by atoms with Crippen LogP contribution in [-0.4, -0.2) is 17.5 Å². The van der Waals surface area contributed by atoms with Crippen LogP contribution >= 0.6 is 0 Å². The predicted octanol–water partition coefficient (Wildman–Crippen LogP) is 2.41. The SMILES string of the molecule is CCC[C@@H](O)C/C=C/C=C/C=C/C=O. The zero-order valence-corrected chi connectivity index (χ0v) is 8.60. The fourth-order valence-electron chi connectivity index (χ4n) is 1.00. The molecule has 78 valence electrons. The van der Waals surface area contributed by atoms with Gasteiger partial charge in [0.2, 0.25) is 0 Å². The van der Waals surface area contributed by atoms with E-state index in [-0.39, 0.29) is 6.10 Å². The van der Waals surface area contributed by atoms with Gasteiger partial charge in [-0.25, -0.2) is 0 Å². The Bertz CT molecular complexity index is 214. The highest BCUT2D eigenvalue weighted by molar-refractivity contribution is 5.65. The summed E-state index contributed by atoms with van der Waals surface area (Å²) in [7, 11) is 0. The van der Waals surface area contributed by atoms with Gasteiger partial charge in [-0.3, -0.25) is 4.79 Å². The van der Waals surface area contributed by atoms with Crippen LogP contribution in [0, 0.1) is 0 Å². The first-order valence-electron chi connectivity index (χ1n) is 4.93. The molecule has 2 heteroatoms. The fraction of sp³-hybridized carbons (Fsp3) is 0.417. The summed E-state index contributed by atoms with van der Waals surface area (Å²) in [5.41, 5.74) is 0. The second-order valence-corrected chi connectivity index (χ2v) is 3.01. The summed E-state index contributed by atoms with van der Waals surface area (Å²) in [4.78, 5) is 9.88. The highest BCUT2D eigenvalue weighted by atomic mass is 16.3. The third-order valence-corrected chi connectivity index (χ3v) is 1.69. The molecule has 1 atom stereocenters. The molecular formula is C12H18O2. The Hall–Kier alpha value is -1.15. The molecule has 0 heterocycles. The first-order chi connectivity index (χ1) is 6.81. The van der Waals surface area contributed by atoms with Gasteiger partial charge in [-0.1, -0.05) is 43.7 Å². The van der Waals surface area contributed by atoms with Crippen LogP contribution in [0.25, 0.3) is 0 Å². The summed E-state index contributed by atoms with van der Waals surface area (Å²) in [5, 5.41) is 9.35. The van der Waals surface area contributed by atoms with Gasteiger partial charge >= 0.3 is 0 Å². The van der Waals surface area contributed by atoms with Crippen molar-refractivity contribution in [3.63, 3.8) is 0 Å². The lowest BCUT2D eigenvalue weighted by atomic mass is 10.1. The lowest BCUT2D eigenvalue weighted by Crippen LogP contribution is -2.02. The summed E-state index contributed by atoms with van der Waals surface area (Å²) in [5.74, 6) is 0. The van der Waals surface area contributed by atoms with Crippen LogP contribution < -0.4 is 0 Å². The molecule has 0 aliphatic rings. The molecule has 0 bridgehead atoms. The number of carbonyl (C=O) groups excluding carboxylic acids is 1. The Morgan fingerprint density at radius 2 is 1.79 bits per heavy atom. The molecule has 0 fully saturated rings. The molecule has 0 rings (SSSR count). The number of carbonyl (C=O) groups is 1. The second-order valence-electron chi connectivity index (χ2n) is 3.01. The van der Waals surface area contributed by atoms with Crippen LogP contribution in [0.4, 0.5) is 0 Å². The van der Waals surface area contributed by atoms with Crippen LogP contribution in [0.5, 0.6) is 0 Å². The third-order valence-electron chi connectivity index (χ3n) is 1.69. The van der Waals surface area contributed by atoms with E-state index in [1.807, 2.05) is 18.2 Å². The molecule has 0 aromatic heterocycles. The van der Waals surface area contributed by atoms with Gasteiger partial charge in [0.15, 0.2) is 0 Å². The normalized spacial score (nSPS) is 14.4. The van der Waals surface area contributed by atoms with Crippen molar-refractivity contribution >= 4 is 6.29 Å². The van der Waals surface area contributed by atoms with E-state index >= 15 is 0 Å². The number of hydrogen-bond acceptors (Lipinski definition) is 2. The van der Waals surface area contributed by atoms with Crippen molar-refractivity contribution in [3.8, 4) is 0 Å². The Labute approximate surface area is 85.6 Å². The Morgan fingerprint density at radius 3 is 2.43 bits per heavy atom. The van der Waals surface area contributed by atoms with Crippen molar-refractivity contribution in [2.45, 2.75) is 32.3 Å². The summed E-state index contributed by atoms with van der Waals surface area (Å²) in [6, 6.07) is 0. The quantitative estimate of drug-likeness (QED) is 0.384. The molecule has 0 aliphatic carbocycles. The zero-order valence-electron chi connectivity index (χ0n) is 8.60. The number of rotatable bonds is 7. The number of hydrogen-bond donors (Lipinski definition) is 1. The topological polar surface area (TPSA) is 37.3 Å². The number of allylic oxidation sites excluding steroid dienone is 5. The number of aliphatic hydroxyl groups is 1. The van der Waals surface area contributed by atoms with E-state index in [4.69, 9.17) is 0 Å². The molecule has 0 aromatic carbocycles. The van der Waals surface area contributed by atoms with Gasteiger partial charge in [0.05, 0.1) is 6.10 Å². The summed E-state index contributed by atoms with van der Waals surface area (Å²) >= 11 is 0. The highest BCUT2D eigenvalue weighted by Crippen LogP contribution is 2.01. The molecule has 0 aromatic rings. The van der Waals surface area contributed by atoms with Crippen molar-refractivity contribution in [3.05, 3.63) is 36.5 Å². The Balaban J connectivity index is 3.57. The summed E-state index contributed by atoms with van der Waals surface area (Å²) in [6.07, 6.45) is 13.5. The largest absolute Gasteiger partial charge is 0.393 e. The van der Waals surface area contributed by atoms with Crippen molar-refractivity contribution in [1.82, 2.24) is 0 Å². The molecule has 0 saturated heterocycles. The minimum atomic E-state index is -0.227. The standard InChI is InChI=1S/C12H18O2/c1-2-9-12(14)10-7-5-3-4-6-8-11-13/h3-8,11-12,14H,2,9-10H2,1H3/b4-3+,7-5+,8-6+/t12-/m1/s1. The van der Waals surface area contributed by atoms with Crippen LogP contribution in [0.1, 0.15) is 26.2 Å². The Morgan fingerprint density at radius 1 is 1.14 bits per heavy atom. The lowest BCUT2D eigenvalue weighted by Gasteiger charge is -2.03. The molecule has 1 N–H and O–H groups in total. The van der Waals surface area contributed by atoms with E-state index in [0.29, 0.717) is 6.42 Å². The van der Waals surface area contributed by atoms with Gasteiger partial charge in [0.1, 0.15) is 6.29 Å². The van der Waals surface area contributed by atoms with Crippen LogP contribution in [-0.2, 0) is 4.79 Å². The Kier molecular flexibility index (Phi) is 9.12. The van der Waals surface area contributed by atoms with E-state index < -0.39 is 0 Å². The van der Waals surface area contributed by atoms with Crippen LogP contribution in [0.15, 0.2) is 36.5 Å².